The van der Waals surface area contributed by atoms with Gasteiger partial charge in [-0.2, -0.15) is 0 Å². The van der Waals surface area contributed by atoms with Gasteiger partial charge in [0.2, 0.25) is 5.91 Å². The zero-order valence-electron chi connectivity index (χ0n) is 18.3. The van der Waals surface area contributed by atoms with Gasteiger partial charge >= 0.3 is 6.09 Å². The van der Waals surface area contributed by atoms with Crippen molar-refractivity contribution in [3.8, 4) is 5.75 Å². The van der Waals surface area contributed by atoms with Crippen LogP contribution in [0, 0.1) is 5.92 Å². The van der Waals surface area contributed by atoms with E-state index in [4.69, 9.17) is 9.47 Å². The molecular formula is C22H33N3O5. The van der Waals surface area contributed by atoms with Gasteiger partial charge < -0.3 is 25.0 Å². The van der Waals surface area contributed by atoms with E-state index in [1.54, 1.807) is 40.0 Å². The van der Waals surface area contributed by atoms with Crippen LogP contribution in [0.5, 0.6) is 5.75 Å². The maximum Gasteiger partial charge on any atom is 0.407 e. The number of rotatable bonds is 7. The molecule has 1 aliphatic rings. The Kier molecular flexibility index (Phi) is 8.50. The number of carbonyl (C=O) groups excluding carboxylic acids is 3. The molecule has 0 bridgehead atoms. The molecule has 0 atom stereocenters. The maximum absolute atomic E-state index is 12.7. The fraction of sp³-hybridized carbons (Fsp3) is 0.591. The van der Waals surface area contributed by atoms with Crippen LogP contribution in [0.4, 0.5) is 4.79 Å². The number of hydrogen-bond acceptors (Lipinski definition) is 5. The van der Waals surface area contributed by atoms with Crippen LogP contribution < -0.4 is 15.4 Å². The molecule has 0 radical (unpaired) electrons. The van der Waals surface area contributed by atoms with E-state index >= 15 is 0 Å². The molecule has 1 saturated heterocycles. The van der Waals surface area contributed by atoms with Gasteiger partial charge in [-0.3, -0.25) is 9.59 Å². The molecule has 166 valence electrons. The monoisotopic (exact) mass is 419 g/mol. The third kappa shape index (κ3) is 7.93. The quantitative estimate of drug-likeness (QED) is 0.708. The van der Waals surface area contributed by atoms with E-state index in [-0.39, 0.29) is 24.8 Å². The molecule has 2 rings (SSSR count). The largest absolute Gasteiger partial charge is 0.497 e. The first-order valence-corrected chi connectivity index (χ1v) is 10.3. The molecule has 3 amide bonds. The molecule has 8 heteroatoms. The van der Waals surface area contributed by atoms with Crippen LogP contribution in [0.2, 0.25) is 0 Å². The predicted octanol–water partition coefficient (Wildman–Crippen LogP) is 2.58. The number of nitrogens with zero attached hydrogens (tertiary/aromatic N) is 1. The molecule has 1 aromatic rings. The number of hydrogen-bond donors (Lipinski definition) is 2. The molecule has 1 fully saturated rings. The summed E-state index contributed by atoms with van der Waals surface area (Å²) >= 11 is 0. The SMILES string of the molecule is COc1cccc(C(=O)N2CCC(CNC(=O)CCNC(=O)OC(C)(C)C)CC2)c1. The summed E-state index contributed by atoms with van der Waals surface area (Å²) in [6.07, 6.45) is 1.36. The van der Waals surface area contributed by atoms with Gasteiger partial charge in [0.15, 0.2) is 0 Å². The molecule has 0 aromatic heterocycles. The second-order valence-corrected chi connectivity index (χ2v) is 8.45. The van der Waals surface area contributed by atoms with Gasteiger partial charge in [0.1, 0.15) is 11.4 Å². The Balaban J connectivity index is 1.65. The molecular weight excluding hydrogens is 386 g/mol. The summed E-state index contributed by atoms with van der Waals surface area (Å²) < 4.78 is 10.3. The van der Waals surface area contributed by atoms with Crippen molar-refractivity contribution in [1.82, 2.24) is 15.5 Å². The molecule has 1 aliphatic heterocycles. The number of methoxy groups -OCH3 is 1. The van der Waals surface area contributed by atoms with Crippen molar-refractivity contribution in [2.24, 2.45) is 5.92 Å². The lowest BCUT2D eigenvalue weighted by Crippen LogP contribution is -2.42. The lowest BCUT2D eigenvalue weighted by molar-refractivity contribution is -0.121. The Labute approximate surface area is 178 Å². The Bertz CT molecular complexity index is 737. The number of piperidine rings is 1. The maximum atomic E-state index is 12.7. The van der Waals surface area contributed by atoms with Crippen molar-refractivity contribution < 1.29 is 23.9 Å². The Morgan fingerprint density at radius 1 is 1.13 bits per heavy atom. The smallest absolute Gasteiger partial charge is 0.407 e. The first kappa shape index (κ1) is 23.5. The third-order valence-corrected chi connectivity index (χ3v) is 4.83. The Morgan fingerprint density at radius 3 is 2.47 bits per heavy atom. The van der Waals surface area contributed by atoms with E-state index < -0.39 is 11.7 Å². The fourth-order valence-electron chi connectivity index (χ4n) is 3.22. The normalized spacial score (nSPS) is 14.7. The van der Waals surface area contributed by atoms with Gasteiger partial charge in [-0.1, -0.05) is 6.07 Å². The molecule has 0 aliphatic carbocycles. The molecule has 1 heterocycles. The number of carbonyl (C=O) groups is 3. The molecule has 2 N–H and O–H groups in total. The summed E-state index contributed by atoms with van der Waals surface area (Å²) in [5.74, 6) is 0.896. The number of amides is 3. The van der Waals surface area contributed by atoms with Crippen LogP contribution in [0.1, 0.15) is 50.4 Å². The van der Waals surface area contributed by atoms with Gasteiger partial charge in [-0.25, -0.2) is 4.79 Å². The highest BCUT2D eigenvalue weighted by molar-refractivity contribution is 5.94. The predicted molar refractivity (Wildman–Crippen MR) is 113 cm³/mol. The van der Waals surface area contributed by atoms with Crippen molar-refractivity contribution in [3.63, 3.8) is 0 Å². The van der Waals surface area contributed by atoms with Crippen LogP contribution in [-0.4, -0.2) is 61.7 Å². The van der Waals surface area contributed by atoms with Crippen molar-refractivity contribution in [3.05, 3.63) is 29.8 Å². The van der Waals surface area contributed by atoms with Crippen molar-refractivity contribution in [2.45, 2.75) is 45.6 Å². The molecule has 0 spiro atoms. The zero-order chi connectivity index (χ0) is 22.1. The van der Waals surface area contributed by atoms with Crippen molar-refractivity contribution in [2.75, 3.05) is 33.3 Å². The first-order valence-electron chi connectivity index (χ1n) is 10.3. The number of likely N-dealkylation sites (tertiary alicyclic amines) is 1. The minimum atomic E-state index is -0.560. The van der Waals surface area contributed by atoms with Crippen molar-refractivity contribution in [1.29, 1.82) is 0 Å². The number of nitrogens with one attached hydrogen (secondary N) is 2. The number of ether oxygens (including phenoxy) is 2. The van der Waals surface area contributed by atoms with Crippen LogP contribution in [-0.2, 0) is 9.53 Å². The number of benzene rings is 1. The van der Waals surface area contributed by atoms with E-state index in [0.717, 1.165) is 12.8 Å². The van der Waals surface area contributed by atoms with E-state index in [0.29, 0.717) is 36.9 Å². The van der Waals surface area contributed by atoms with Crippen molar-refractivity contribution >= 4 is 17.9 Å². The summed E-state index contributed by atoms with van der Waals surface area (Å²) in [7, 11) is 1.58. The van der Waals surface area contributed by atoms with E-state index in [2.05, 4.69) is 10.6 Å². The highest BCUT2D eigenvalue weighted by atomic mass is 16.6. The van der Waals surface area contributed by atoms with Crippen LogP contribution >= 0.6 is 0 Å². The lowest BCUT2D eigenvalue weighted by atomic mass is 9.96. The second-order valence-electron chi connectivity index (χ2n) is 8.45. The Hall–Kier alpha value is -2.77. The molecule has 8 nitrogen and oxygen atoms in total. The fourth-order valence-corrected chi connectivity index (χ4v) is 3.22. The zero-order valence-corrected chi connectivity index (χ0v) is 18.3. The summed E-state index contributed by atoms with van der Waals surface area (Å²) in [5.41, 5.74) is 0.0633. The molecule has 30 heavy (non-hydrogen) atoms. The summed E-state index contributed by atoms with van der Waals surface area (Å²) in [4.78, 5) is 38.1. The summed E-state index contributed by atoms with van der Waals surface area (Å²) in [6, 6.07) is 7.17. The minimum absolute atomic E-state index is 0.00426. The minimum Gasteiger partial charge on any atom is -0.497 e. The average Bonchev–Trinajstić information content (AvgIpc) is 2.71. The third-order valence-electron chi connectivity index (χ3n) is 4.83. The van der Waals surface area contributed by atoms with Crippen LogP contribution in [0.3, 0.4) is 0 Å². The lowest BCUT2D eigenvalue weighted by Gasteiger charge is -2.32. The topological polar surface area (TPSA) is 97.0 Å². The molecule has 1 aromatic carbocycles. The average molecular weight is 420 g/mol. The highest BCUT2D eigenvalue weighted by Crippen LogP contribution is 2.20. The van der Waals surface area contributed by atoms with Gasteiger partial charge in [-0.05, 0) is 57.7 Å². The molecule has 0 unspecified atom stereocenters. The second kappa shape index (κ2) is 10.8. The highest BCUT2D eigenvalue weighted by Gasteiger charge is 2.24. The van der Waals surface area contributed by atoms with Gasteiger partial charge in [-0.15, -0.1) is 0 Å². The van der Waals surface area contributed by atoms with Crippen LogP contribution in [0.25, 0.3) is 0 Å². The summed E-state index contributed by atoms with van der Waals surface area (Å²) in [6.45, 7) is 7.49. The van der Waals surface area contributed by atoms with E-state index in [9.17, 15) is 14.4 Å². The van der Waals surface area contributed by atoms with E-state index in [1.807, 2.05) is 17.0 Å². The van der Waals surface area contributed by atoms with E-state index in [1.165, 1.54) is 0 Å². The van der Waals surface area contributed by atoms with Gasteiger partial charge in [0.05, 0.1) is 7.11 Å². The van der Waals surface area contributed by atoms with Crippen LogP contribution in [0.15, 0.2) is 24.3 Å². The van der Waals surface area contributed by atoms with Gasteiger partial charge in [0.25, 0.3) is 5.91 Å². The standard InChI is InChI=1S/C22H33N3O5/c1-22(2,3)30-21(28)23-11-8-19(26)24-15-16-9-12-25(13-10-16)20(27)17-6-5-7-18(14-17)29-4/h5-7,14,16H,8-13,15H2,1-4H3,(H,23,28)(H,24,26). The van der Waals surface area contributed by atoms with Gasteiger partial charge in [0, 0.05) is 38.2 Å². The first-order chi connectivity index (χ1) is 14.2. The molecule has 0 saturated carbocycles. The Morgan fingerprint density at radius 2 is 1.83 bits per heavy atom. The number of alkyl carbamates (subject to hydrolysis) is 1. The summed E-state index contributed by atoms with van der Waals surface area (Å²) in [5, 5.41) is 5.49.